The van der Waals surface area contributed by atoms with Crippen molar-refractivity contribution in [2.45, 2.75) is 45.1 Å². The summed E-state index contributed by atoms with van der Waals surface area (Å²) in [5.41, 5.74) is 0. The number of rotatable bonds is 6. The summed E-state index contributed by atoms with van der Waals surface area (Å²) in [5.74, 6) is 0.866. The lowest BCUT2D eigenvalue weighted by Crippen LogP contribution is -2.23. The Bertz CT molecular complexity index is 121. The smallest absolute Gasteiger partial charge is 0.0494 e. The lowest BCUT2D eigenvalue weighted by molar-refractivity contribution is 0.0949. The zero-order valence-electron chi connectivity index (χ0n) is 9.01. The van der Waals surface area contributed by atoms with Gasteiger partial charge in [-0.05, 0) is 39.2 Å². The van der Waals surface area contributed by atoms with E-state index in [1.54, 1.807) is 0 Å². The molecule has 2 nitrogen and oxygen atoms in total. The first-order valence-corrected chi connectivity index (χ1v) is 5.58. The third kappa shape index (κ3) is 4.63. The maximum absolute atomic E-state index is 5.65. The molecule has 0 aromatic heterocycles. The van der Waals surface area contributed by atoms with Crippen LogP contribution in [0.4, 0.5) is 0 Å². The average Bonchev–Trinajstić information content (AvgIpc) is 2.64. The molecule has 13 heavy (non-hydrogen) atoms. The van der Waals surface area contributed by atoms with Crippen molar-refractivity contribution in [1.82, 2.24) is 5.32 Å². The second-order valence-corrected chi connectivity index (χ2v) is 4.20. The highest BCUT2D eigenvalue weighted by Crippen LogP contribution is 2.24. The molecular formula is C11H23NO. The van der Waals surface area contributed by atoms with E-state index in [0.29, 0.717) is 6.04 Å². The molecule has 1 unspecified atom stereocenters. The zero-order chi connectivity index (χ0) is 9.52. The molecule has 0 aromatic rings. The molecule has 1 aliphatic carbocycles. The van der Waals surface area contributed by atoms with Gasteiger partial charge in [0.15, 0.2) is 0 Å². The third-order valence-electron chi connectivity index (χ3n) is 3.02. The first kappa shape index (κ1) is 11.0. The number of ether oxygens (including phenoxy) is 1. The molecule has 1 atom stereocenters. The molecule has 1 rings (SSSR count). The van der Waals surface area contributed by atoms with Crippen LogP contribution in [0.15, 0.2) is 0 Å². The molecule has 1 saturated carbocycles. The van der Waals surface area contributed by atoms with Crippen molar-refractivity contribution < 1.29 is 4.74 Å². The van der Waals surface area contributed by atoms with Crippen LogP contribution in [-0.2, 0) is 4.74 Å². The van der Waals surface area contributed by atoms with E-state index >= 15 is 0 Å². The molecular weight excluding hydrogens is 162 g/mol. The largest absolute Gasteiger partial charge is 0.381 e. The number of nitrogens with one attached hydrogen (secondary N) is 1. The second kappa shape index (κ2) is 6.39. The molecule has 0 aromatic carbocycles. The fraction of sp³-hybridized carbons (Fsp3) is 1.00. The fourth-order valence-corrected chi connectivity index (χ4v) is 1.83. The van der Waals surface area contributed by atoms with Crippen molar-refractivity contribution in [2.75, 3.05) is 20.3 Å². The van der Waals surface area contributed by atoms with Gasteiger partial charge >= 0.3 is 0 Å². The summed E-state index contributed by atoms with van der Waals surface area (Å²) < 4.78 is 5.65. The van der Waals surface area contributed by atoms with Crippen LogP contribution < -0.4 is 5.32 Å². The molecule has 0 spiro atoms. The summed E-state index contributed by atoms with van der Waals surface area (Å²) in [7, 11) is 2.00. The SMILES string of the molecule is CNC(C)CCOCC1CCCC1. The molecule has 2 heteroatoms. The van der Waals surface area contributed by atoms with Gasteiger partial charge in [-0.3, -0.25) is 0 Å². The molecule has 1 N–H and O–H groups in total. The van der Waals surface area contributed by atoms with Crippen molar-refractivity contribution in [3.05, 3.63) is 0 Å². The quantitative estimate of drug-likeness (QED) is 0.640. The van der Waals surface area contributed by atoms with Gasteiger partial charge in [-0.15, -0.1) is 0 Å². The van der Waals surface area contributed by atoms with Gasteiger partial charge in [0.2, 0.25) is 0 Å². The minimum absolute atomic E-state index is 0.587. The summed E-state index contributed by atoms with van der Waals surface area (Å²) >= 11 is 0. The highest BCUT2D eigenvalue weighted by molar-refractivity contribution is 4.66. The topological polar surface area (TPSA) is 21.3 Å². The highest BCUT2D eigenvalue weighted by atomic mass is 16.5. The van der Waals surface area contributed by atoms with E-state index in [-0.39, 0.29) is 0 Å². The van der Waals surface area contributed by atoms with Crippen LogP contribution in [0.3, 0.4) is 0 Å². The summed E-state index contributed by atoms with van der Waals surface area (Å²) in [6.45, 7) is 4.11. The summed E-state index contributed by atoms with van der Waals surface area (Å²) in [6.07, 6.45) is 6.74. The van der Waals surface area contributed by atoms with E-state index in [9.17, 15) is 0 Å². The van der Waals surface area contributed by atoms with Crippen LogP contribution in [0.2, 0.25) is 0 Å². The Morgan fingerprint density at radius 2 is 2.08 bits per heavy atom. The minimum Gasteiger partial charge on any atom is -0.381 e. The van der Waals surface area contributed by atoms with Gasteiger partial charge in [-0.25, -0.2) is 0 Å². The minimum atomic E-state index is 0.587. The van der Waals surface area contributed by atoms with Gasteiger partial charge in [0, 0.05) is 19.3 Å². The standard InChI is InChI=1S/C11H23NO/c1-10(12-2)7-8-13-9-11-5-3-4-6-11/h10-12H,3-9H2,1-2H3. The van der Waals surface area contributed by atoms with Crippen molar-refractivity contribution in [2.24, 2.45) is 5.92 Å². The van der Waals surface area contributed by atoms with Crippen molar-refractivity contribution >= 4 is 0 Å². The van der Waals surface area contributed by atoms with Crippen molar-refractivity contribution in [3.63, 3.8) is 0 Å². The van der Waals surface area contributed by atoms with E-state index in [1.165, 1.54) is 25.7 Å². The molecule has 0 saturated heterocycles. The van der Waals surface area contributed by atoms with E-state index in [1.807, 2.05) is 7.05 Å². The Labute approximate surface area is 82.0 Å². The Morgan fingerprint density at radius 1 is 1.38 bits per heavy atom. The van der Waals surface area contributed by atoms with Crippen LogP contribution in [0.25, 0.3) is 0 Å². The third-order valence-corrected chi connectivity index (χ3v) is 3.02. The Balaban J connectivity index is 1.88. The van der Waals surface area contributed by atoms with Crippen LogP contribution in [0.1, 0.15) is 39.0 Å². The fourth-order valence-electron chi connectivity index (χ4n) is 1.83. The molecule has 0 amide bonds. The predicted octanol–water partition coefficient (Wildman–Crippen LogP) is 2.19. The van der Waals surface area contributed by atoms with Crippen LogP contribution in [0, 0.1) is 5.92 Å². The van der Waals surface area contributed by atoms with Gasteiger partial charge < -0.3 is 10.1 Å². The first-order chi connectivity index (χ1) is 6.33. The number of hydrogen-bond donors (Lipinski definition) is 1. The van der Waals surface area contributed by atoms with Crippen LogP contribution in [-0.4, -0.2) is 26.3 Å². The lowest BCUT2D eigenvalue weighted by atomic mass is 10.1. The normalized spacial score (nSPS) is 20.8. The highest BCUT2D eigenvalue weighted by Gasteiger charge is 2.14. The van der Waals surface area contributed by atoms with Gasteiger partial charge in [-0.1, -0.05) is 12.8 Å². The van der Waals surface area contributed by atoms with Crippen molar-refractivity contribution in [3.8, 4) is 0 Å². The molecule has 0 heterocycles. The van der Waals surface area contributed by atoms with Gasteiger partial charge in [0.25, 0.3) is 0 Å². The van der Waals surface area contributed by atoms with Gasteiger partial charge in [0.1, 0.15) is 0 Å². The maximum Gasteiger partial charge on any atom is 0.0494 e. The van der Waals surface area contributed by atoms with Gasteiger partial charge in [-0.2, -0.15) is 0 Å². The predicted molar refractivity (Wildman–Crippen MR) is 55.9 cm³/mol. The van der Waals surface area contributed by atoms with E-state index < -0.39 is 0 Å². The molecule has 78 valence electrons. The Morgan fingerprint density at radius 3 is 2.69 bits per heavy atom. The summed E-state index contributed by atoms with van der Waals surface area (Å²) in [5, 5.41) is 3.21. The second-order valence-electron chi connectivity index (χ2n) is 4.20. The van der Waals surface area contributed by atoms with Crippen LogP contribution >= 0.6 is 0 Å². The Kier molecular flexibility index (Phi) is 5.40. The van der Waals surface area contributed by atoms with E-state index in [4.69, 9.17) is 4.74 Å². The number of hydrogen-bond acceptors (Lipinski definition) is 2. The maximum atomic E-state index is 5.65. The van der Waals surface area contributed by atoms with Crippen LogP contribution in [0.5, 0.6) is 0 Å². The summed E-state index contributed by atoms with van der Waals surface area (Å²) in [4.78, 5) is 0. The molecule has 0 bridgehead atoms. The first-order valence-electron chi connectivity index (χ1n) is 5.58. The average molecular weight is 185 g/mol. The molecule has 1 fully saturated rings. The zero-order valence-corrected chi connectivity index (χ0v) is 9.01. The molecule has 0 aliphatic heterocycles. The Hall–Kier alpha value is -0.0800. The van der Waals surface area contributed by atoms with E-state index in [2.05, 4.69) is 12.2 Å². The monoisotopic (exact) mass is 185 g/mol. The van der Waals surface area contributed by atoms with Gasteiger partial charge in [0.05, 0.1) is 0 Å². The van der Waals surface area contributed by atoms with Crippen molar-refractivity contribution in [1.29, 1.82) is 0 Å². The summed E-state index contributed by atoms with van der Waals surface area (Å²) in [6, 6.07) is 0.587. The van der Waals surface area contributed by atoms with E-state index in [0.717, 1.165) is 25.6 Å². The molecule has 1 aliphatic rings. The molecule has 0 radical (unpaired) electrons. The lowest BCUT2D eigenvalue weighted by Gasteiger charge is -2.12.